The van der Waals surface area contributed by atoms with Gasteiger partial charge in [-0.25, -0.2) is 14.5 Å². The monoisotopic (exact) mass is 345 g/mol. The molecule has 2 heterocycles. The van der Waals surface area contributed by atoms with Crippen molar-refractivity contribution >= 4 is 17.6 Å². The topological polar surface area (TPSA) is 85.0 Å². The van der Waals surface area contributed by atoms with Crippen molar-refractivity contribution in [2.24, 2.45) is 0 Å². The standard InChI is InChI=1S/C16H16ClN5O2/c1-11-15(20-10-24-11)8-19-16(23)18-6-12-7-21-22(9-12)14-4-2-13(17)3-5-14/h2-5,7,9-10H,6,8H2,1H3,(H2,18,19,23). The summed E-state index contributed by atoms with van der Waals surface area (Å²) in [5.74, 6) is 0.694. The van der Waals surface area contributed by atoms with E-state index in [4.69, 9.17) is 16.0 Å². The first-order valence-corrected chi connectivity index (χ1v) is 7.70. The number of hydrogen-bond acceptors (Lipinski definition) is 4. The van der Waals surface area contributed by atoms with Crippen LogP contribution in [0.1, 0.15) is 17.0 Å². The molecule has 124 valence electrons. The normalized spacial score (nSPS) is 10.6. The van der Waals surface area contributed by atoms with Crippen LogP contribution in [0.3, 0.4) is 0 Å². The van der Waals surface area contributed by atoms with Crippen LogP contribution in [0.15, 0.2) is 47.5 Å². The second-order valence-electron chi connectivity index (χ2n) is 5.16. The molecule has 0 aliphatic rings. The van der Waals surface area contributed by atoms with Gasteiger partial charge in [-0.05, 0) is 31.2 Å². The number of halogens is 1. The molecule has 8 heteroatoms. The van der Waals surface area contributed by atoms with E-state index in [0.29, 0.717) is 29.6 Å². The van der Waals surface area contributed by atoms with Crippen LogP contribution < -0.4 is 10.6 Å². The van der Waals surface area contributed by atoms with Crippen molar-refractivity contribution in [3.63, 3.8) is 0 Å². The molecule has 3 rings (SSSR count). The Hall–Kier alpha value is -2.80. The van der Waals surface area contributed by atoms with E-state index in [1.165, 1.54) is 6.39 Å². The number of benzene rings is 1. The summed E-state index contributed by atoms with van der Waals surface area (Å²) in [5.41, 5.74) is 2.50. The molecule has 0 aliphatic heterocycles. The van der Waals surface area contributed by atoms with E-state index in [2.05, 4.69) is 20.7 Å². The smallest absolute Gasteiger partial charge is 0.315 e. The highest BCUT2D eigenvalue weighted by Gasteiger charge is 2.07. The van der Waals surface area contributed by atoms with Gasteiger partial charge >= 0.3 is 6.03 Å². The molecule has 2 N–H and O–H groups in total. The van der Waals surface area contributed by atoms with Crippen LogP contribution >= 0.6 is 11.6 Å². The molecule has 24 heavy (non-hydrogen) atoms. The van der Waals surface area contributed by atoms with Crippen molar-refractivity contribution < 1.29 is 9.21 Å². The van der Waals surface area contributed by atoms with E-state index in [0.717, 1.165) is 11.3 Å². The first-order valence-electron chi connectivity index (χ1n) is 7.32. The van der Waals surface area contributed by atoms with Gasteiger partial charge in [-0.15, -0.1) is 0 Å². The number of oxazole rings is 1. The fourth-order valence-electron chi connectivity index (χ4n) is 2.09. The predicted octanol–water partition coefficient (Wildman–Crippen LogP) is 2.82. The van der Waals surface area contributed by atoms with Crippen LogP contribution in [0, 0.1) is 6.92 Å². The number of amides is 2. The lowest BCUT2D eigenvalue weighted by Crippen LogP contribution is -2.34. The highest BCUT2D eigenvalue weighted by atomic mass is 35.5. The maximum atomic E-state index is 11.8. The number of urea groups is 1. The highest BCUT2D eigenvalue weighted by Crippen LogP contribution is 2.13. The molecule has 0 atom stereocenters. The van der Waals surface area contributed by atoms with Gasteiger partial charge in [-0.1, -0.05) is 11.6 Å². The summed E-state index contributed by atoms with van der Waals surface area (Å²) >= 11 is 5.87. The summed E-state index contributed by atoms with van der Waals surface area (Å²) < 4.78 is 6.80. The first-order chi connectivity index (χ1) is 11.6. The van der Waals surface area contributed by atoms with E-state index in [1.807, 2.05) is 18.3 Å². The molecule has 0 spiro atoms. The van der Waals surface area contributed by atoms with Gasteiger partial charge in [0.05, 0.1) is 18.4 Å². The number of carbonyl (C=O) groups excluding carboxylic acids is 1. The third-order valence-electron chi connectivity index (χ3n) is 3.44. The van der Waals surface area contributed by atoms with Crippen molar-refractivity contribution in [2.45, 2.75) is 20.0 Å². The summed E-state index contributed by atoms with van der Waals surface area (Å²) in [5, 5.41) is 10.4. The van der Waals surface area contributed by atoms with Crippen molar-refractivity contribution in [1.82, 2.24) is 25.4 Å². The van der Waals surface area contributed by atoms with Gasteiger partial charge in [0.25, 0.3) is 0 Å². The van der Waals surface area contributed by atoms with Gasteiger partial charge in [-0.3, -0.25) is 0 Å². The Morgan fingerprint density at radius 2 is 2.00 bits per heavy atom. The summed E-state index contributed by atoms with van der Waals surface area (Å²) in [6.45, 7) is 2.49. The van der Waals surface area contributed by atoms with Crippen LogP contribution in [0.25, 0.3) is 5.69 Å². The second kappa shape index (κ2) is 7.18. The van der Waals surface area contributed by atoms with Crippen LogP contribution in [0.4, 0.5) is 4.79 Å². The Morgan fingerprint density at radius 3 is 2.71 bits per heavy atom. The molecule has 2 amide bonds. The lowest BCUT2D eigenvalue weighted by molar-refractivity contribution is 0.240. The van der Waals surface area contributed by atoms with E-state index >= 15 is 0 Å². The Bertz CT molecular complexity index is 825. The summed E-state index contributed by atoms with van der Waals surface area (Å²) in [6, 6.07) is 7.07. The molecule has 0 unspecified atom stereocenters. The van der Waals surface area contributed by atoms with Crippen molar-refractivity contribution in [1.29, 1.82) is 0 Å². The lowest BCUT2D eigenvalue weighted by atomic mass is 10.3. The molecule has 1 aromatic carbocycles. The average Bonchev–Trinajstić information content (AvgIpc) is 3.21. The zero-order valence-electron chi connectivity index (χ0n) is 13.0. The number of nitrogens with one attached hydrogen (secondary N) is 2. The molecular weight excluding hydrogens is 330 g/mol. The molecular formula is C16H16ClN5O2. The molecule has 0 bridgehead atoms. The Kier molecular flexibility index (Phi) is 4.81. The SMILES string of the molecule is Cc1ocnc1CNC(=O)NCc1cnn(-c2ccc(Cl)cc2)c1. The summed E-state index contributed by atoms with van der Waals surface area (Å²) in [7, 11) is 0. The summed E-state index contributed by atoms with van der Waals surface area (Å²) in [4.78, 5) is 15.8. The van der Waals surface area contributed by atoms with Crippen LogP contribution in [-0.2, 0) is 13.1 Å². The van der Waals surface area contributed by atoms with Crippen molar-refractivity contribution in [2.75, 3.05) is 0 Å². The zero-order valence-corrected chi connectivity index (χ0v) is 13.7. The van der Waals surface area contributed by atoms with Crippen molar-refractivity contribution in [3.05, 3.63) is 65.1 Å². The minimum atomic E-state index is -0.281. The van der Waals surface area contributed by atoms with Gasteiger partial charge in [0.1, 0.15) is 11.5 Å². The van der Waals surface area contributed by atoms with Gasteiger partial charge in [-0.2, -0.15) is 5.10 Å². The Balaban J connectivity index is 1.51. The quantitative estimate of drug-likeness (QED) is 0.744. The van der Waals surface area contributed by atoms with E-state index in [1.54, 1.807) is 29.9 Å². The Labute approximate surface area is 143 Å². The van der Waals surface area contributed by atoms with Gasteiger partial charge < -0.3 is 15.1 Å². The van der Waals surface area contributed by atoms with Gasteiger partial charge in [0, 0.05) is 23.3 Å². The number of aryl methyl sites for hydroxylation is 1. The van der Waals surface area contributed by atoms with Crippen LogP contribution in [-0.4, -0.2) is 20.8 Å². The predicted molar refractivity (Wildman–Crippen MR) is 88.9 cm³/mol. The fourth-order valence-corrected chi connectivity index (χ4v) is 2.22. The first kappa shape index (κ1) is 16.1. The minimum absolute atomic E-state index is 0.281. The zero-order chi connectivity index (χ0) is 16.9. The molecule has 0 aliphatic carbocycles. The molecule has 3 aromatic rings. The summed E-state index contributed by atoms with van der Waals surface area (Å²) in [6.07, 6.45) is 4.91. The second-order valence-corrected chi connectivity index (χ2v) is 5.60. The Morgan fingerprint density at radius 1 is 1.25 bits per heavy atom. The maximum absolute atomic E-state index is 11.8. The third-order valence-corrected chi connectivity index (χ3v) is 3.69. The number of hydrogen-bond donors (Lipinski definition) is 2. The van der Waals surface area contributed by atoms with Crippen molar-refractivity contribution in [3.8, 4) is 5.69 Å². The van der Waals surface area contributed by atoms with Crippen LogP contribution in [0.2, 0.25) is 5.02 Å². The highest BCUT2D eigenvalue weighted by molar-refractivity contribution is 6.30. The number of rotatable bonds is 5. The minimum Gasteiger partial charge on any atom is -0.448 e. The van der Waals surface area contributed by atoms with Gasteiger partial charge in [0.15, 0.2) is 6.39 Å². The van der Waals surface area contributed by atoms with Crippen LogP contribution in [0.5, 0.6) is 0 Å². The number of aromatic nitrogens is 3. The molecule has 0 radical (unpaired) electrons. The lowest BCUT2D eigenvalue weighted by Gasteiger charge is -2.05. The van der Waals surface area contributed by atoms with Gasteiger partial charge in [0.2, 0.25) is 0 Å². The fraction of sp³-hybridized carbons (Fsp3) is 0.188. The largest absolute Gasteiger partial charge is 0.448 e. The van der Waals surface area contributed by atoms with E-state index < -0.39 is 0 Å². The molecule has 7 nitrogen and oxygen atoms in total. The maximum Gasteiger partial charge on any atom is 0.315 e. The number of carbonyl (C=O) groups is 1. The number of nitrogens with zero attached hydrogens (tertiary/aromatic N) is 3. The molecule has 0 saturated heterocycles. The van der Waals surface area contributed by atoms with E-state index in [-0.39, 0.29) is 6.03 Å². The van der Waals surface area contributed by atoms with E-state index in [9.17, 15) is 4.79 Å². The molecule has 2 aromatic heterocycles. The average molecular weight is 346 g/mol. The third kappa shape index (κ3) is 3.94. The molecule has 0 saturated carbocycles. The molecule has 0 fully saturated rings.